The third kappa shape index (κ3) is 2.14. The van der Waals surface area contributed by atoms with Crippen molar-refractivity contribution < 1.29 is 8.42 Å². The molecule has 3 aromatic carbocycles. The minimum Gasteiger partial charge on any atom is -0.234 e. The van der Waals surface area contributed by atoms with Gasteiger partial charge in [0.1, 0.15) is 0 Å². The zero-order chi connectivity index (χ0) is 16.0. The second-order valence-corrected chi connectivity index (χ2v) is 7.45. The van der Waals surface area contributed by atoms with E-state index in [0.29, 0.717) is 26.9 Å². The molecule has 0 saturated heterocycles. The lowest BCUT2D eigenvalue weighted by atomic mass is 10.0. The Balaban J connectivity index is 2.10. The topological polar surface area (TPSA) is 37.4 Å². The standard InChI is InChI=1S/C18H12ClNO2S/c19-13-10-11-17-16(12-13)15-8-4-5-9-18(15)23(21,22)20(17)14-6-2-1-3-7-14/h1-12H. The number of rotatable bonds is 1. The molecule has 0 radical (unpaired) electrons. The van der Waals surface area contributed by atoms with Gasteiger partial charge in [-0.1, -0.05) is 48.0 Å². The fourth-order valence-electron chi connectivity index (χ4n) is 2.88. The SMILES string of the molecule is O=S1(=O)c2ccccc2-c2cc(Cl)ccc2N1c1ccccc1. The third-order valence-corrected chi connectivity index (χ3v) is 5.90. The highest BCUT2D eigenvalue weighted by molar-refractivity contribution is 7.93. The molecule has 3 nitrogen and oxygen atoms in total. The first kappa shape index (κ1) is 14.3. The molecule has 0 aliphatic carbocycles. The molecular formula is C18H12ClNO2S. The summed E-state index contributed by atoms with van der Waals surface area (Å²) in [5, 5.41) is 0.575. The summed E-state index contributed by atoms with van der Waals surface area (Å²) in [6.45, 7) is 0. The van der Waals surface area contributed by atoms with E-state index in [1.807, 2.05) is 30.3 Å². The zero-order valence-corrected chi connectivity index (χ0v) is 13.6. The van der Waals surface area contributed by atoms with Crippen LogP contribution in [0.1, 0.15) is 0 Å². The highest BCUT2D eigenvalue weighted by Crippen LogP contribution is 2.47. The number of nitrogens with zero attached hydrogens (tertiary/aromatic N) is 1. The number of hydrogen-bond acceptors (Lipinski definition) is 2. The van der Waals surface area contributed by atoms with E-state index in [1.54, 1.807) is 42.5 Å². The van der Waals surface area contributed by atoms with Gasteiger partial charge in [-0.3, -0.25) is 0 Å². The molecule has 0 fully saturated rings. The van der Waals surface area contributed by atoms with Crippen molar-refractivity contribution in [3.63, 3.8) is 0 Å². The normalized spacial score (nSPS) is 14.9. The monoisotopic (exact) mass is 341 g/mol. The van der Waals surface area contributed by atoms with Gasteiger partial charge in [0.05, 0.1) is 16.3 Å². The van der Waals surface area contributed by atoms with Crippen molar-refractivity contribution in [1.29, 1.82) is 0 Å². The summed E-state index contributed by atoms with van der Waals surface area (Å²) in [6, 6.07) is 21.3. The number of para-hydroxylation sites is 1. The van der Waals surface area contributed by atoms with Crippen LogP contribution in [0.25, 0.3) is 11.1 Å². The summed E-state index contributed by atoms with van der Waals surface area (Å²) in [7, 11) is -3.67. The molecule has 0 N–H and O–H groups in total. The molecule has 4 rings (SSSR count). The van der Waals surface area contributed by atoms with Crippen LogP contribution < -0.4 is 4.31 Å². The molecule has 0 saturated carbocycles. The fraction of sp³-hybridized carbons (Fsp3) is 0. The molecule has 1 aliphatic heterocycles. The Labute approximate surface area is 139 Å². The molecule has 23 heavy (non-hydrogen) atoms. The molecule has 1 heterocycles. The lowest BCUT2D eigenvalue weighted by molar-refractivity contribution is 0.596. The van der Waals surface area contributed by atoms with Crippen LogP contribution >= 0.6 is 11.6 Å². The Morgan fingerprint density at radius 2 is 1.48 bits per heavy atom. The third-order valence-electron chi connectivity index (χ3n) is 3.86. The van der Waals surface area contributed by atoms with E-state index in [0.717, 1.165) is 5.56 Å². The Kier molecular flexibility index (Phi) is 3.18. The molecule has 1 aliphatic rings. The average Bonchev–Trinajstić information content (AvgIpc) is 2.56. The predicted octanol–water partition coefficient (Wildman–Crippen LogP) is 4.85. The van der Waals surface area contributed by atoms with Crippen molar-refractivity contribution in [2.45, 2.75) is 4.90 Å². The molecule has 0 atom stereocenters. The summed E-state index contributed by atoms with van der Waals surface area (Å²) in [4.78, 5) is 0.290. The van der Waals surface area contributed by atoms with E-state index < -0.39 is 10.0 Å². The summed E-state index contributed by atoms with van der Waals surface area (Å²) in [6.07, 6.45) is 0. The minimum atomic E-state index is -3.67. The number of sulfonamides is 1. The average molecular weight is 342 g/mol. The first-order valence-corrected chi connectivity index (χ1v) is 8.90. The Morgan fingerprint density at radius 1 is 0.783 bits per heavy atom. The Bertz CT molecular complexity index is 1000. The van der Waals surface area contributed by atoms with E-state index in [9.17, 15) is 8.42 Å². The first-order valence-electron chi connectivity index (χ1n) is 7.08. The van der Waals surface area contributed by atoms with Crippen LogP contribution in [-0.2, 0) is 10.0 Å². The summed E-state index contributed by atoms with van der Waals surface area (Å²) < 4.78 is 27.7. The maximum atomic E-state index is 13.1. The van der Waals surface area contributed by atoms with Crippen LogP contribution in [0.3, 0.4) is 0 Å². The maximum Gasteiger partial charge on any atom is 0.269 e. The Morgan fingerprint density at radius 3 is 2.26 bits per heavy atom. The molecule has 0 unspecified atom stereocenters. The molecule has 0 aromatic heterocycles. The predicted molar refractivity (Wildman–Crippen MR) is 92.7 cm³/mol. The van der Waals surface area contributed by atoms with Gasteiger partial charge in [0, 0.05) is 16.1 Å². The van der Waals surface area contributed by atoms with Gasteiger partial charge in [-0.15, -0.1) is 0 Å². The molecular weight excluding hydrogens is 330 g/mol. The molecule has 0 amide bonds. The molecule has 3 aromatic rings. The number of benzene rings is 3. The molecule has 0 bridgehead atoms. The van der Waals surface area contributed by atoms with Gasteiger partial charge in [0.2, 0.25) is 0 Å². The zero-order valence-electron chi connectivity index (χ0n) is 12.0. The van der Waals surface area contributed by atoms with E-state index >= 15 is 0 Å². The Hall–Kier alpha value is -2.30. The van der Waals surface area contributed by atoms with Crippen LogP contribution in [0.4, 0.5) is 11.4 Å². The first-order chi connectivity index (χ1) is 11.1. The van der Waals surface area contributed by atoms with Crippen molar-refractivity contribution >= 4 is 33.0 Å². The lowest BCUT2D eigenvalue weighted by Crippen LogP contribution is -2.30. The highest BCUT2D eigenvalue weighted by atomic mass is 35.5. The van der Waals surface area contributed by atoms with Crippen molar-refractivity contribution in [2.24, 2.45) is 0 Å². The van der Waals surface area contributed by atoms with Crippen molar-refractivity contribution in [1.82, 2.24) is 0 Å². The van der Waals surface area contributed by atoms with E-state index in [1.165, 1.54) is 4.31 Å². The molecule has 0 spiro atoms. The van der Waals surface area contributed by atoms with E-state index in [2.05, 4.69) is 0 Å². The van der Waals surface area contributed by atoms with Crippen LogP contribution in [0.2, 0.25) is 5.02 Å². The summed E-state index contributed by atoms with van der Waals surface area (Å²) in [5.41, 5.74) is 2.70. The number of halogens is 1. The fourth-order valence-corrected chi connectivity index (χ4v) is 4.78. The van der Waals surface area contributed by atoms with E-state index in [4.69, 9.17) is 11.6 Å². The van der Waals surface area contributed by atoms with Crippen LogP contribution in [-0.4, -0.2) is 8.42 Å². The van der Waals surface area contributed by atoms with Crippen molar-refractivity contribution in [2.75, 3.05) is 4.31 Å². The van der Waals surface area contributed by atoms with Gasteiger partial charge >= 0.3 is 0 Å². The van der Waals surface area contributed by atoms with Crippen LogP contribution in [0.5, 0.6) is 0 Å². The summed E-state index contributed by atoms with van der Waals surface area (Å²) >= 11 is 6.14. The number of anilines is 2. The van der Waals surface area contributed by atoms with Gasteiger partial charge < -0.3 is 0 Å². The van der Waals surface area contributed by atoms with Gasteiger partial charge in [-0.25, -0.2) is 12.7 Å². The second-order valence-electron chi connectivity index (χ2n) is 5.26. The largest absolute Gasteiger partial charge is 0.269 e. The number of fused-ring (bicyclic) bond motifs is 3. The van der Waals surface area contributed by atoms with Gasteiger partial charge in [-0.05, 0) is 36.4 Å². The smallest absolute Gasteiger partial charge is 0.234 e. The van der Waals surface area contributed by atoms with Gasteiger partial charge in [-0.2, -0.15) is 0 Å². The molecule has 114 valence electrons. The van der Waals surface area contributed by atoms with Crippen LogP contribution in [0, 0.1) is 0 Å². The quantitative estimate of drug-likeness (QED) is 0.634. The molecule has 5 heteroatoms. The van der Waals surface area contributed by atoms with Crippen molar-refractivity contribution in [3.05, 3.63) is 77.8 Å². The van der Waals surface area contributed by atoms with E-state index in [-0.39, 0.29) is 0 Å². The second kappa shape index (κ2) is 5.11. The maximum absolute atomic E-state index is 13.1. The minimum absolute atomic E-state index is 0.290. The van der Waals surface area contributed by atoms with Crippen LogP contribution in [0.15, 0.2) is 77.7 Å². The summed E-state index contributed by atoms with van der Waals surface area (Å²) in [5.74, 6) is 0. The van der Waals surface area contributed by atoms with Crippen molar-refractivity contribution in [3.8, 4) is 11.1 Å². The van der Waals surface area contributed by atoms with Gasteiger partial charge in [0.15, 0.2) is 0 Å². The number of hydrogen-bond donors (Lipinski definition) is 0. The highest BCUT2D eigenvalue weighted by Gasteiger charge is 2.35. The lowest BCUT2D eigenvalue weighted by Gasteiger charge is -2.32. The van der Waals surface area contributed by atoms with Gasteiger partial charge in [0.25, 0.3) is 10.0 Å².